The van der Waals surface area contributed by atoms with Gasteiger partial charge in [-0.1, -0.05) is 11.6 Å². The lowest BCUT2D eigenvalue weighted by Crippen LogP contribution is -2.34. The van der Waals surface area contributed by atoms with Gasteiger partial charge in [-0.2, -0.15) is 0 Å². The van der Waals surface area contributed by atoms with Crippen LogP contribution in [0.4, 0.5) is 15.8 Å². The average molecular weight is 213 g/mol. The Balaban J connectivity index is 2.04. The molecule has 2 aliphatic rings. The van der Waals surface area contributed by atoms with E-state index in [0.29, 0.717) is 0 Å². The van der Waals surface area contributed by atoms with Crippen molar-refractivity contribution in [3.63, 3.8) is 0 Å². The SMILES string of the molecule is Fc1cc2c(cc1Cl)NC1(CC1)CN2. The van der Waals surface area contributed by atoms with Crippen LogP contribution in [0.2, 0.25) is 5.02 Å². The van der Waals surface area contributed by atoms with Crippen molar-refractivity contribution in [3.05, 3.63) is 23.0 Å². The lowest BCUT2D eigenvalue weighted by atomic mass is 10.1. The molecule has 1 aliphatic carbocycles. The average Bonchev–Trinajstić information content (AvgIpc) is 2.89. The first kappa shape index (κ1) is 8.36. The lowest BCUT2D eigenvalue weighted by molar-refractivity contribution is 0.627. The van der Waals surface area contributed by atoms with Crippen molar-refractivity contribution in [1.82, 2.24) is 0 Å². The van der Waals surface area contributed by atoms with E-state index in [1.807, 2.05) is 0 Å². The fourth-order valence-corrected chi connectivity index (χ4v) is 2.01. The third-order valence-corrected chi connectivity index (χ3v) is 3.22. The summed E-state index contributed by atoms with van der Waals surface area (Å²) in [6, 6.07) is 3.10. The second-order valence-electron chi connectivity index (χ2n) is 4.07. The van der Waals surface area contributed by atoms with E-state index >= 15 is 0 Å². The first-order valence-corrected chi connectivity index (χ1v) is 5.07. The summed E-state index contributed by atoms with van der Waals surface area (Å²) in [5, 5.41) is 6.80. The Morgan fingerprint density at radius 1 is 1.29 bits per heavy atom. The maximum atomic E-state index is 13.1. The standard InChI is InChI=1S/C10H10ClFN2/c11-6-3-9-8(4-7(6)12)13-5-10(14-9)1-2-10/h3-4,13-14H,1-2,5H2. The van der Waals surface area contributed by atoms with Gasteiger partial charge in [0.05, 0.1) is 21.9 Å². The molecule has 1 aliphatic heterocycles. The molecule has 74 valence electrons. The van der Waals surface area contributed by atoms with E-state index in [1.165, 1.54) is 18.9 Å². The number of hydrogen-bond donors (Lipinski definition) is 2. The molecule has 0 saturated heterocycles. The summed E-state index contributed by atoms with van der Waals surface area (Å²) in [5.74, 6) is -0.369. The number of halogens is 2. The Labute approximate surface area is 86.4 Å². The zero-order valence-electron chi connectivity index (χ0n) is 7.53. The van der Waals surface area contributed by atoms with E-state index in [9.17, 15) is 4.39 Å². The Morgan fingerprint density at radius 2 is 2.07 bits per heavy atom. The predicted molar refractivity (Wildman–Crippen MR) is 55.5 cm³/mol. The van der Waals surface area contributed by atoms with Gasteiger partial charge in [0.2, 0.25) is 0 Å². The monoisotopic (exact) mass is 212 g/mol. The first-order valence-electron chi connectivity index (χ1n) is 4.70. The van der Waals surface area contributed by atoms with Gasteiger partial charge in [0, 0.05) is 12.6 Å². The van der Waals surface area contributed by atoms with Crippen LogP contribution in [0.25, 0.3) is 0 Å². The normalized spacial score (nSPS) is 21.0. The summed E-state index contributed by atoms with van der Waals surface area (Å²) in [4.78, 5) is 0. The predicted octanol–water partition coefficient (Wildman–Crippen LogP) is 2.85. The van der Waals surface area contributed by atoms with Crippen molar-refractivity contribution in [3.8, 4) is 0 Å². The molecule has 0 aromatic heterocycles. The Morgan fingerprint density at radius 3 is 2.79 bits per heavy atom. The molecule has 2 nitrogen and oxygen atoms in total. The van der Waals surface area contributed by atoms with Crippen LogP contribution in [-0.2, 0) is 0 Å². The maximum absolute atomic E-state index is 13.1. The summed E-state index contributed by atoms with van der Waals surface area (Å²) in [6.07, 6.45) is 2.35. The lowest BCUT2D eigenvalue weighted by Gasteiger charge is -2.28. The Hall–Kier alpha value is -0.960. The van der Waals surface area contributed by atoms with Crippen molar-refractivity contribution in [2.24, 2.45) is 0 Å². The van der Waals surface area contributed by atoms with Gasteiger partial charge in [0.25, 0.3) is 0 Å². The smallest absolute Gasteiger partial charge is 0.143 e. The highest BCUT2D eigenvalue weighted by Crippen LogP contribution is 2.44. The zero-order chi connectivity index (χ0) is 9.76. The molecule has 4 heteroatoms. The van der Waals surface area contributed by atoms with Crippen LogP contribution in [0, 0.1) is 5.82 Å². The minimum Gasteiger partial charge on any atom is -0.381 e. The van der Waals surface area contributed by atoms with E-state index in [4.69, 9.17) is 11.6 Å². The number of fused-ring (bicyclic) bond motifs is 1. The molecule has 3 rings (SSSR count). The Kier molecular flexibility index (Phi) is 1.52. The number of rotatable bonds is 0. The highest BCUT2D eigenvalue weighted by atomic mass is 35.5. The molecular formula is C10H10ClFN2. The van der Waals surface area contributed by atoms with Crippen molar-refractivity contribution in [2.75, 3.05) is 17.2 Å². The summed E-state index contributed by atoms with van der Waals surface area (Å²) < 4.78 is 13.1. The van der Waals surface area contributed by atoms with E-state index in [2.05, 4.69) is 10.6 Å². The first-order chi connectivity index (χ1) is 6.69. The molecule has 1 heterocycles. The van der Waals surface area contributed by atoms with Crippen LogP contribution in [0.5, 0.6) is 0 Å². The van der Waals surface area contributed by atoms with Crippen molar-refractivity contribution < 1.29 is 4.39 Å². The highest BCUT2D eigenvalue weighted by molar-refractivity contribution is 6.31. The van der Waals surface area contributed by atoms with Gasteiger partial charge >= 0.3 is 0 Å². The molecule has 0 amide bonds. The number of anilines is 2. The second-order valence-corrected chi connectivity index (χ2v) is 4.48. The number of hydrogen-bond acceptors (Lipinski definition) is 2. The number of nitrogens with one attached hydrogen (secondary N) is 2. The van der Waals surface area contributed by atoms with Gasteiger partial charge in [-0.05, 0) is 18.9 Å². The van der Waals surface area contributed by atoms with E-state index in [1.54, 1.807) is 6.07 Å². The summed E-state index contributed by atoms with van der Waals surface area (Å²) in [6.45, 7) is 0.876. The molecule has 0 bridgehead atoms. The summed E-state index contributed by atoms with van der Waals surface area (Å²) in [7, 11) is 0. The largest absolute Gasteiger partial charge is 0.381 e. The fraction of sp³-hybridized carbons (Fsp3) is 0.400. The van der Waals surface area contributed by atoms with Crippen LogP contribution in [0.1, 0.15) is 12.8 Å². The topological polar surface area (TPSA) is 24.1 Å². The van der Waals surface area contributed by atoms with Gasteiger partial charge in [0.1, 0.15) is 5.82 Å². The number of benzene rings is 1. The van der Waals surface area contributed by atoms with Crippen LogP contribution in [-0.4, -0.2) is 12.1 Å². The second kappa shape index (κ2) is 2.54. The quantitative estimate of drug-likeness (QED) is 0.691. The molecule has 1 fully saturated rings. The van der Waals surface area contributed by atoms with E-state index in [0.717, 1.165) is 17.9 Å². The molecule has 14 heavy (non-hydrogen) atoms. The van der Waals surface area contributed by atoms with Gasteiger partial charge < -0.3 is 10.6 Å². The molecule has 1 spiro atoms. The summed E-state index contributed by atoms with van der Waals surface area (Å²) in [5.41, 5.74) is 1.94. The molecule has 2 N–H and O–H groups in total. The molecule has 0 unspecified atom stereocenters. The molecular weight excluding hydrogens is 203 g/mol. The molecule has 1 saturated carbocycles. The van der Waals surface area contributed by atoms with Gasteiger partial charge in [-0.25, -0.2) is 4.39 Å². The van der Waals surface area contributed by atoms with E-state index in [-0.39, 0.29) is 16.4 Å². The van der Waals surface area contributed by atoms with Crippen LogP contribution < -0.4 is 10.6 Å². The summed E-state index contributed by atoms with van der Waals surface area (Å²) >= 11 is 5.72. The van der Waals surface area contributed by atoms with Crippen LogP contribution in [0.15, 0.2) is 12.1 Å². The van der Waals surface area contributed by atoms with Crippen LogP contribution in [0.3, 0.4) is 0 Å². The third kappa shape index (κ3) is 1.16. The van der Waals surface area contributed by atoms with Crippen molar-refractivity contribution in [1.29, 1.82) is 0 Å². The van der Waals surface area contributed by atoms with Gasteiger partial charge in [-0.15, -0.1) is 0 Å². The Bertz CT molecular complexity index is 401. The van der Waals surface area contributed by atoms with Crippen LogP contribution >= 0.6 is 11.6 Å². The molecule has 1 aromatic rings. The zero-order valence-corrected chi connectivity index (χ0v) is 8.29. The van der Waals surface area contributed by atoms with Gasteiger partial charge in [-0.3, -0.25) is 0 Å². The van der Waals surface area contributed by atoms with E-state index < -0.39 is 0 Å². The molecule has 0 radical (unpaired) electrons. The maximum Gasteiger partial charge on any atom is 0.143 e. The van der Waals surface area contributed by atoms with Crippen molar-refractivity contribution in [2.45, 2.75) is 18.4 Å². The highest BCUT2D eigenvalue weighted by Gasteiger charge is 2.44. The third-order valence-electron chi connectivity index (χ3n) is 2.93. The molecule has 1 aromatic carbocycles. The fourth-order valence-electron chi connectivity index (χ4n) is 1.84. The molecule has 0 atom stereocenters. The van der Waals surface area contributed by atoms with Crippen molar-refractivity contribution >= 4 is 23.0 Å². The minimum atomic E-state index is -0.369. The minimum absolute atomic E-state index is 0.177. The van der Waals surface area contributed by atoms with Gasteiger partial charge in [0.15, 0.2) is 0 Å².